The van der Waals surface area contributed by atoms with E-state index in [1.165, 1.54) is 22.3 Å². The highest BCUT2D eigenvalue weighted by Gasteiger charge is 2.09. The molecule has 18 heavy (non-hydrogen) atoms. The number of nitrogens with two attached hydrogens (primary N) is 1. The molecule has 2 nitrogen and oxygen atoms in total. The largest absolute Gasteiger partial charge is 0.395 e. The Labute approximate surface area is 108 Å². The molecule has 0 aliphatic carbocycles. The maximum atomic E-state index is 9.09. The molecule has 3 N–H and O–H groups in total. The van der Waals surface area contributed by atoms with Crippen LogP contribution in [0.2, 0.25) is 0 Å². The molecule has 0 radical (unpaired) electrons. The van der Waals surface area contributed by atoms with Gasteiger partial charge in [0.05, 0.1) is 6.61 Å². The smallest absolute Gasteiger partial charge is 0.0585 e. The zero-order chi connectivity index (χ0) is 13.0. The van der Waals surface area contributed by atoms with Crippen LogP contribution in [-0.4, -0.2) is 17.8 Å². The van der Waals surface area contributed by atoms with E-state index in [0.717, 1.165) is 0 Å². The summed E-state index contributed by atoms with van der Waals surface area (Å²) in [6, 6.07) is 16.4. The Morgan fingerprint density at radius 2 is 1.61 bits per heavy atom. The van der Waals surface area contributed by atoms with Crippen LogP contribution in [0.15, 0.2) is 48.5 Å². The lowest BCUT2D eigenvalue weighted by Crippen LogP contribution is -2.27. The van der Waals surface area contributed by atoms with E-state index in [9.17, 15) is 0 Å². The first-order valence-electron chi connectivity index (χ1n) is 6.22. The van der Waals surface area contributed by atoms with E-state index in [-0.39, 0.29) is 12.6 Å². The lowest BCUT2D eigenvalue weighted by atomic mass is 9.93. The Bertz CT molecular complexity index is 522. The highest BCUT2D eigenvalue weighted by Crippen LogP contribution is 2.27. The van der Waals surface area contributed by atoms with Gasteiger partial charge in [0.1, 0.15) is 0 Å². The van der Waals surface area contributed by atoms with E-state index in [0.29, 0.717) is 6.42 Å². The van der Waals surface area contributed by atoms with Crippen LogP contribution in [0.5, 0.6) is 0 Å². The van der Waals surface area contributed by atoms with Gasteiger partial charge >= 0.3 is 0 Å². The first-order chi connectivity index (χ1) is 8.72. The molecule has 0 spiro atoms. The average molecular weight is 241 g/mol. The number of aliphatic hydroxyl groups is 1. The van der Waals surface area contributed by atoms with Crippen molar-refractivity contribution in [3.63, 3.8) is 0 Å². The molecule has 0 saturated carbocycles. The van der Waals surface area contributed by atoms with Crippen molar-refractivity contribution in [1.29, 1.82) is 0 Å². The zero-order valence-corrected chi connectivity index (χ0v) is 10.6. The van der Waals surface area contributed by atoms with Crippen LogP contribution in [0.3, 0.4) is 0 Å². The Kier molecular flexibility index (Phi) is 4.13. The van der Waals surface area contributed by atoms with Crippen molar-refractivity contribution in [2.75, 3.05) is 6.61 Å². The normalized spacial score (nSPS) is 12.4. The van der Waals surface area contributed by atoms with Gasteiger partial charge < -0.3 is 10.8 Å². The minimum absolute atomic E-state index is 0.0160. The minimum Gasteiger partial charge on any atom is -0.395 e. The van der Waals surface area contributed by atoms with Crippen molar-refractivity contribution in [3.05, 3.63) is 59.7 Å². The maximum absolute atomic E-state index is 9.09. The summed E-state index contributed by atoms with van der Waals surface area (Å²) in [5.74, 6) is 0. The molecule has 0 saturated heterocycles. The van der Waals surface area contributed by atoms with Crippen molar-refractivity contribution in [1.82, 2.24) is 0 Å². The summed E-state index contributed by atoms with van der Waals surface area (Å²) < 4.78 is 0. The second-order valence-corrected chi connectivity index (χ2v) is 4.62. The third-order valence-corrected chi connectivity index (χ3v) is 3.17. The fourth-order valence-electron chi connectivity index (χ4n) is 2.18. The fourth-order valence-corrected chi connectivity index (χ4v) is 2.18. The maximum Gasteiger partial charge on any atom is 0.0585 e. The van der Waals surface area contributed by atoms with Crippen LogP contribution in [0, 0.1) is 6.92 Å². The SMILES string of the molecule is Cc1ccccc1-c1ccccc1CC(N)CO. The molecular formula is C16H19NO. The van der Waals surface area contributed by atoms with Crippen molar-refractivity contribution in [2.24, 2.45) is 5.73 Å². The van der Waals surface area contributed by atoms with E-state index in [1.54, 1.807) is 0 Å². The van der Waals surface area contributed by atoms with Crippen molar-refractivity contribution in [3.8, 4) is 11.1 Å². The van der Waals surface area contributed by atoms with Crippen molar-refractivity contribution >= 4 is 0 Å². The molecule has 2 heteroatoms. The fraction of sp³-hybridized carbons (Fsp3) is 0.250. The van der Waals surface area contributed by atoms with Gasteiger partial charge in [0.15, 0.2) is 0 Å². The second-order valence-electron chi connectivity index (χ2n) is 4.62. The van der Waals surface area contributed by atoms with E-state index in [2.05, 4.69) is 31.2 Å². The summed E-state index contributed by atoms with van der Waals surface area (Å²) in [7, 11) is 0. The topological polar surface area (TPSA) is 46.2 Å². The van der Waals surface area contributed by atoms with Gasteiger partial charge in [-0.3, -0.25) is 0 Å². The average Bonchev–Trinajstić information content (AvgIpc) is 2.40. The first-order valence-corrected chi connectivity index (χ1v) is 6.22. The van der Waals surface area contributed by atoms with Crippen molar-refractivity contribution in [2.45, 2.75) is 19.4 Å². The minimum atomic E-state index is -0.199. The number of aliphatic hydroxyl groups excluding tert-OH is 1. The molecule has 0 aromatic heterocycles. The third kappa shape index (κ3) is 2.78. The number of hydrogen-bond acceptors (Lipinski definition) is 2. The van der Waals surface area contributed by atoms with Gasteiger partial charge in [-0.05, 0) is 35.6 Å². The highest BCUT2D eigenvalue weighted by atomic mass is 16.3. The predicted octanol–water partition coefficient (Wildman–Crippen LogP) is 2.52. The monoisotopic (exact) mass is 241 g/mol. The van der Waals surface area contributed by atoms with Crippen LogP contribution in [0.4, 0.5) is 0 Å². The Hall–Kier alpha value is -1.64. The molecule has 94 valence electrons. The molecule has 0 bridgehead atoms. The Morgan fingerprint density at radius 1 is 1.00 bits per heavy atom. The second kappa shape index (κ2) is 5.80. The quantitative estimate of drug-likeness (QED) is 0.864. The van der Waals surface area contributed by atoms with E-state index < -0.39 is 0 Å². The van der Waals surface area contributed by atoms with Gasteiger partial charge in [-0.25, -0.2) is 0 Å². The Morgan fingerprint density at radius 3 is 2.28 bits per heavy atom. The molecule has 0 amide bonds. The molecular weight excluding hydrogens is 222 g/mol. The van der Waals surface area contributed by atoms with Gasteiger partial charge in [0, 0.05) is 6.04 Å². The molecule has 2 aromatic carbocycles. The predicted molar refractivity (Wildman–Crippen MR) is 75.4 cm³/mol. The number of hydrogen-bond donors (Lipinski definition) is 2. The molecule has 0 heterocycles. The molecule has 2 aromatic rings. The summed E-state index contributed by atoms with van der Waals surface area (Å²) in [5, 5.41) is 9.09. The zero-order valence-electron chi connectivity index (χ0n) is 10.6. The number of benzene rings is 2. The summed E-state index contributed by atoms with van der Waals surface area (Å²) in [6.07, 6.45) is 0.695. The van der Waals surface area contributed by atoms with E-state index in [1.807, 2.05) is 24.3 Å². The standard InChI is InChI=1S/C16H19NO/c1-12-6-2-4-8-15(12)16-9-5-3-7-13(16)10-14(17)11-18/h2-9,14,18H,10-11,17H2,1H3. The summed E-state index contributed by atoms with van der Waals surface area (Å²) in [4.78, 5) is 0. The molecule has 0 aliphatic rings. The molecule has 2 rings (SSSR count). The lowest BCUT2D eigenvalue weighted by Gasteiger charge is -2.14. The molecule has 0 fully saturated rings. The Balaban J connectivity index is 2.42. The van der Waals surface area contributed by atoms with E-state index >= 15 is 0 Å². The van der Waals surface area contributed by atoms with Crippen LogP contribution in [0.25, 0.3) is 11.1 Å². The van der Waals surface area contributed by atoms with Crippen LogP contribution in [-0.2, 0) is 6.42 Å². The van der Waals surface area contributed by atoms with Gasteiger partial charge in [-0.15, -0.1) is 0 Å². The van der Waals surface area contributed by atoms with Crippen molar-refractivity contribution < 1.29 is 5.11 Å². The third-order valence-electron chi connectivity index (χ3n) is 3.17. The molecule has 0 aliphatic heterocycles. The summed E-state index contributed by atoms with van der Waals surface area (Å²) >= 11 is 0. The van der Waals surface area contributed by atoms with Gasteiger partial charge in [0.2, 0.25) is 0 Å². The summed E-state index contributed by atoms with van der Waals surface area (Å²) in [6.45, 7) is 2.13. The molecule has 1 atom stereocenters. The van der Waals surface area contributed by atoms with Gasteiger partial charge in [0.25, 0.3) is 0 Å². The number of aryl methyl sites for hydroxylation is 1. The first kappa shape index (κ1) is 12.8. The van der Waals surface area contributed by atoms with Gasteiger partial charge in [-0.2, -0.15) is 0 Å². The van der Waals surface area contributed by atoms with Crippen LogP contribution < -0.4 is 5.73 Å². The number of rotatable bonds is 4. The van der Waals surface area contributed by atoms with E-state index in [4.69, 9.17) is 10.8 Å². The van der Waals surface area contributed by atoms with Crippen LogP contribution >= 0.6 is 0 Å². The highest BCUT2D eigenvalue weighted by molar-refractivity contribution is 5.70. The molecule has 1 unspecified atom stereocenters. The van der Waals surface area contributed by atoms with Crippen LogP contribution in [0.1, 0.15) is 11.1 Å². The van der Waals surface area contributed by atoms with Gasteiger partial charge in [-0.1, -0.05) is 48.5 Å². The summed E-state index contributed by atoms with van der Waals surface area (Å²) in [5.41, 5.74) is 10.7. The lowest BCUT2D eigenvalue weighted by molar-refractivity contribution is 0.265.